The van der Waals surface area contributed by atoms with Gasteiger partial charge in [0.05, 0.1) is 11.1 Å². The van der Waals surface area contributed by atoms with Gasteiger partial charge in [-0.05, 0) is 30.3 Å². The third-order valence-electron chi connectivity index (χ3n) is 4.02. The van der Waals surface area contributed by atoms with Crippen LogP contribution < -0.4 is 21.6 Å². The third-order valence-corrected chi connectivity index (χ3v) is 4.02. The molecule has 0 aliphatic carbocycles. The summed E-state index contributed by atoms with van der Waals surface area (Å²) in [6.45, 7) is 0. The van der Waals surface area contributed by atoms with Gasteiger partial charge in [0.1, 0.15) is 17.1 Å². The number of nitrogen functional groups attached to an aromatic ring is 2. The lowest BCUT2D eigenvalue weighted by atomic mass is 10.1. The van der Waals surface area contributed by atoms with Crippen LogP contribution in [0.1, 0.15) is 0 Å². The molecular weight excluding hydrogens is 328 g/mol. The van der Waals surface area contributed by atoms with Gasteiger partial charge in [0.15, 0.2) is 11.2 Å². The van der Waals surface area contributed by atoms with Crippen molar-refractivity contribution in [2.75, 3.05) is 11.5 Å². The molecule has 0 unspecified atom stereocenters. The monoisotopic (exact) mass is 344 g/mol. The van der Waals surface area contributed by atoms with Crippen molar-refractivity contribution in [3.63, 3.8) is 0 Å². The SMILES string of the molecule is Nc1ccc(N)c(Oc2ccc3oc(-c4ccccc4)cc(=O)c3c2)c1. The second kappa shape index (κ2) is 6.29. The average Bonchev–Trinajstić information content (AvgIpc) is 2.66. The quantitative estimate of drug-likeness (QED) is 0.537. The van der Waals surface area contributed by atoms with Crippen molar-refractivity contribution in [2.24, 2.45) is 0 Å². The van der Waals surface area contributed by atoms with Gasteiger partial charge in [0.2, 0.25) is 0 Å². The van der Waals surface area contributed by atoms with Gasteiger partial charge in [-0.1, -0.05) is 30.3 Å². The van der Waals surface area contributed by atoms with Crippen LogP contribution in [0.4, 0.5) is 11.4 Å². The van der Waals surface area contributed by atoms with Crippen LogP contribution in [0.3, 0.4) is 0 Å². The minimum Gasteiger partial charge on any atom is -0.456 e. The number of hydrogen-bond donors (Lipinski definition) is 2. The summed E-state index contributed by atoms with van der Waals surface area (Å²) in [6, 6.07) is 21.1. The van der Waals surface area contributed by atoms with E-state index >= 15 is 0 Å². The van der Waals surface area contributed by atoms with E-state index in [-0.39, 0.29) is 5.43 Å². The fourth-order valence-electron chi connectivity index (χ4n) is 2.71. The Hall–Kier alpha value is -3.73. The third kappa shape index (κ3) is 2.98. The van der Waals surface area contributed by atoms with Gasteiger partial charge in [-0.2, -0.15) is 0 Å². The molecule has 4 rings (SSSR count). The molecule has 3 aromatic carbocycles. The van der Waals surface area contributed by atoms with Crippen molar-refractivity contribution in [3.05, 3.63) is 83.0 Å². The molecule has 0 radical (unpaired) electrons. The lowest BCUT2D eigenvalue weighted by molar-refractivity contribution is 0.485. The maximum atomic E-state index is 12.5. The first kappa shape index (κ1) is 15.8. The highest BCUT2D eigenvalue weighted by Gasteiger charge is 2.09. The van der Waals surface area contributed by atoms with E-state index in [0.29, 0.717) is 39.6 Å². The Bertz CT molecular complexity index is 1150. The molecule has 26 heavy (non-hydrogen) atoms. The van der Waals surface area contributed by atoms with E-state index in [2.05, 4.69) is 0 Å². The molecule has 0 saturated heterocycles. The van der Waals surface area contributed by atoms with Crippen LogP contribution in [0, 0.1) is 0 Å². The number of ether oxygens (including phenoxy) is 1. The Kier molecular flexibility index (Phi) is 3.82. The van der Waals surface area contributed by atoms with Crippen LogP contribution in [0.15, 0.2) is 82.0 Å². The van der Waals surface area contributed by atoms with Crippen molar-refractivity contribution in [3.8, 4) is 22.8 Å². The number of anilines is 2. The van der Waals surface area contributed by atoms with Crippen molar-refractivity contribution < 1.29 is 9.15 Å². The van der Waals surface area contributed by atoms with Crippen LogP contribution in [-0.4, -0.2) is 0 Å². The zero-order valence-corrected chi connectivity index (χ0v) is 13.8. The largest absolute Gasteiger partial charge is 0.456 e. The lowest BCUT2D eigenvalue weighted by Crippen LogP contribution is -2.01. The first-order chi connectivity index (χ1) is 12.6. The number of hydrogen-bond acceptors (Lipinski definition) is 5. The molecule has 0 aliphatic rings. The molecule has 0 spiro atoms. The molecule has 5 heteroatoms. The Morgan fingerprint density at radius 3 is 2.46 bits per heavy atom. The van der Waals surface area contributed by atoms with E-state index in [4.69, 9.17) is 20.6 Å². The van der Waals surface area contributed by atoms with Crippen molar-refractivity contribution in [1.82, 2.24) is 0 Å². The Labute approximate surface area is 149 Å². The Balaban J connectivity index is 1.75. The van der Waals surface area contributed by atoms with Gasteiger partial charge in [-0.25, -0.2) is 0 Å². The number of nitrogens with two attached hydrogens (primary N) is 2. The maximum absolute atomic E-state index is 12.5. The number of fused-ring (bicyclic) bond motifs is 1. The molecule has 5 nitrogen and oxygen atoms in total. The minimum atomic E-state index is -0.142. The summed E-state index contributed by atoms with van der Waals surface area (Å²) < 4.78 is 11.7. The van der Waals surface area contributed by atoms with Crippen LogP contribution in [0.2, 0.25) is 0 Å². The fraction of sp³-hybridized carbons (Fsp3) is 0. The van der Waals surface area contributed by atoms with E-state index < -0.39 is 0 Å². The van der Waals surface area contributed by atoms with Crippen LogP contribution >= 0.6 is 0 Å². The highest BCUT2D eigenvalue weighted by molar-refractivity contribution is 5.80. The molecule has 0 saturated carbocycles. The van der Waals surface area contributed by atoms with E-state index in [0.717, 1.165) is 5.56 Å². The van der Waals surface area contributed by atoms with Crippen LogP contribution in [0.25, 0.3) is 22.3 Å². The normalized spacial score (nSPS) is 10.8. The van der Waals surface area contributed by atoms with Gasteiger partial charge in [-0.15, -0.1) is 0 Å². The Morgan fingerprint density at radius 1 is 0.846 bits per heavy atom. The minimum absolute atomic E-state index is 0.142. The summed E-state index contributed by atoms with van der Waals surface area (Å²) in [5.41, 5.74) is 13.9. The van der Waals surface area contributed by atoms with Gasteiger partial charge < -0.3 is 20.6 Å². The second-order valence-electron chi connectivity index (χ2n) is 5.90. The molecular formula is C21H16N2O3. The summed E-state index contributed by atoms with van der Waals surface area (Å²) in [6.07, 6.45) is 0. The lowest BCUT2D eigenvalue weighted by Gasteiger charge is -2.10. The summed E-state index contributed by atoms with van der Waals surface area (Å²) >= 11 is 0. The van der Waals surface area contributed by atoms with Gasteiger partial charge in [0.25, 0.3) is 0 Å². The molecule has 0 aliphatic heterocycles. The fourth-order valence-corrected chi connectivity index (χ4v) is 2.71. The highest BCUT2D eigenvalue weighted by atomic mass is 16.5. The first-order valence-electron chi connectivity index (χ1n) is 8.06. The van der Waals surface area contributed by atoms with Crippen molar-refractivity contribution in [1.29, 1.82) is 0 Å². The predicted octanol–water partition coefficient (Wildman–Crippen LogP) is 4.42. The van der Waals surface area contributed by atoms with E-state index in [1.807, 2.05) is 30.3 Å². The molecule has 0 amide bonds. The zero-order valence-electron chi connectivity index (χ0n) is 13.8. The molecule has 0 atom stereocenters. The molecule has 1 heterocycles. The Morgan fingerprint density at radius 2 is 1.65 bits per heavy atom. The number of rotatable bonds is 3. The predicted molar refractivity (Wildman–Crippen MR) is 103 cm³/mol. The standard InChI is InChI=1S/C21H16N2O3/c22-14-6-8-17(23)21(10-14)25-15-7-9-19-16(11-15)18(24)12-20(26-19)13-4-2-1-3-5-13/h1-12H,22-23H2. The molecule has 4 aromatic rings. The molecule has 1 aromatic heterocycles. The molecule has 4 N–H and O–H groups in total. The van der Waals surface area contributed by atoms with Crippen molar-refractivity contribution >= 4 is 22.3 Å². The van der Waals surface area contributed by atoms with Crippen molar-refractivity contribution in [2.45, 2.75) is 0 Å². The molecule has 128 valence electrons. The van der Waals surface area contributed by atoms with Gasteiger partial charge >= 0.3 is 0 Å². The van der Waals surface area contributed by atoms with E-state index in [1.165, 1.54) is 6.07 Å². The van der Waals surface area contributed by atoms with Gasteiger partial charge in [0, 0.05) is 23.4 Å². The average molecular weight is 344 g/mol. The van der Waals surface area contributed by atoms with E-state index in [1.54, 1.807) is 36.4 Å². The van der Waals surface area contributed by atoms with E-state index in [9.17, 15) is 4.79 Å². The highest BCUT2D eigenvalue weighted by Crippen LogP contribution is 2.31. The summed E-state index contributed by atoms with van der Waals surface area (Å²) in [4.78, 5) is 12.5. The summed E-state index contributed by atoms with van der Waals surface area (Å²) in [5, 5.41) is 0.435. The zero-order chi connectivity index (χ0) is 18.1. The molecule has 0 bridgehead atoms. The topological polar surface area (TPSA) is 91.5 Å². The number of benzene rings is 3. The van der Waals surface area contributed by atoms with Crippen LogP contribution in [-0.2, 0) is 0 Å². The first-order valence-corrected chi connectivity index (χ1v) is 8.06. The van der Waals surface area contributed by atoms with Gasteiger partial charge in [-0.3, -0.25) is 4.79 Å². The van der Waals surface area contributed by atoms with Crippen LogP contribution in [0.5, 0.6) is 11.5 Å². The summed E-state index contributed by atoms with van der Waals surface area (Å²) in [5.74, 6) is 1.45. The second-order valence-corrected chi connectivity index (χ2v) is 5.90. The smallest absolute Gasteiger partial charge is 0.193 e. The maximum Gasteiger partial charge on any atom is 0.193 e. The summed E-state index contributed by atoms with van der Waals surface area (Å²) in [7, 11) is 0. The molecule has 0 fully saturated rings.